The van der Waals surface area contributed by atoms with Crippen LogP contribution in [-0.2, 0) is 37.8 Å². The van der Waals surface area contributed by atoms with Gasteiger partial charge in [0.1, 0.15) is 0 Å². The Kier molecular flexibility index (Phi) is 14.7. The van der Waals surface area contributed by atoms with Crippen LogP contribution in [0, 0.1) is 0 Å². The van der Waals surface area contributed by atoms with Crippen molar-refractivity contribution in [2.24, 2.45) is 0 Å². The molecular formula is C48H45F9N4. The number of para-hydroxylation sites is 3. The molecule has 0 aromatic heterocycles. The van der Waals surface area contributed by atoms with Gasteiger partial charge < -0.3 is 16.0 Å². The van der Waals surface area contributed by atoms with E-state index in [9.17, 15) is 39.5 Å². The number of anilines is 3. The van der Waals surface area contributed by atoms with Gasteiger partial charge in [-0.15, -0.1) is 0 Å². The lowest BCUT2D eigenvalue weighted by molar-refractivity contribution is -0.138. The first-order valence-corrected chi connectivity index (χ1v) is 19.8. The summed E-state index contributed by atoms with van der Waals surface area (Å²) >= 11 is 0. The van der Waals surface area contributed by atoms with E-state index in [4.69, 9.17) is 0 Å². The van der Waals surface area contributed by atoms with Crippen LogP contribution in [0.15, 0.2) is 146 Å². The van der Waals surface area contributed by atoms with Gasteiger partial charge >= 0.3 is 18.5 Å². The SMILES string of the molecule is FC(F)(F)c1cccc(Cc2ccccc2NCCN(CCNc2ccccc2Cc2cccc(C(F)(F)F)c2)CCNc2ccccc2Cc2cccc(C(F)(F)F)c2)c1. The van der Waals surface area contributed by atoms with Gasteiger partial charge in [0.25, 0.3) is 0 Å². The van der Waals surface area contributed by atoms with Crippen molar-refractivity contribution >= 4 is 17.1 Å². The molecule has 0 spiro atoms. The summed E-state index contributed by atoms with van der Waals surface area (Å²) in [6.45, 7) is 3.20. The van der Waals surface area contributed by atoms with E-state index in [-0.39, 0.29) is 0 Å². The molecule has 0 fully saturated rings. The van der Waals surface area contributed by atoms with Gasteiger partial charge in [0.15, 0.2) is 0 Å². The fraction of sp³-hybridized carbons (Fsp3) is 0.250. The van der Waals surface area contributed by atoms with Gasteiger partial charge in [0, 0.05) is 56.3 Å². The Bertz CT molecular complexity index is 2080. The van der Waals surface area contributed by atoms with Gasteiger partial charge in [-0.25, -0.2) is 0 Å². The molecule has 0 aliphatic heterocycles. The Hall–Kier alpha value is -5.95. The number of halogens is 9. The molecule has 320 valence electrons. The van der Waals surface area contributed by atoms with Crippen molar-refractivity contribution in [3.63, 3.8) is 0 Å². The van der Waals surface area contributed by atoms with Crippen molar-refractivity contribution in [2.45, 2.75) is 37.8 Å². The predicted octanol–water partition coefficient (Wildman–Crippen LogP) is 12.5. The monoisotopic (exact) mass is 848 g/mol. The molecule has 0 saturated heterocycles. The molecule has 0 bridgehead atoms. The normalized spacial score (nSPS) is 12.1. The fourth-order valence-corrected chi connectivity index (χ4v) is 7.15. The molecule has 0 aliphatic carbocycles. The molecular weight excluding hydrogens is 804 g/mol. The molecule has 61 heavy (non-hydrogen) atoms. The van der Waals surface area contributed by atoms with E-state index >= 15 is 0 Å². The van der Waals surface area contributed by atoms with Crippen LogP contribution in [0.1, 0.15) is 50.1 Å². The van der Waals surface area contributed by atoms with Crippen molar-refractivity contribution in [3.05, 3.63) is 196 Å². The number of nitrogens with zero attached hydrogens (tertiary/aromatic N) is 1. The largest absolute Gasteiger partial charge is 0.416 e. The minimum atomic E-state index is -4.45. The second kappa shape index (κ2) is 20.1. The molecule has 6 aromatic carbocycles. The average molecular weight is 849 g/mol. The quantitative estimate of drug-likeness (QED) is 0.0754. The molecule has 0 heterocycles. The minimum absolute atomic E-state index is 0.296. The second-order valence-electron chi connectivity index (χ2n) is 14.7. The van der Waals surface area contributed by atoms with Crippen molar-refractivity contribution < 1.29 is 39.5 Å². The van der Waals surface area contributed by atoms with E-state index in [0.717, 1.165) is 70.2 Å². The summed E-state index contributed by atoms with van der Waals surface area (Å²) < 4.78 is 121. The van der Waals surface area contributed by atoms with Crippen LogP contribution in [0.5, 0.6) is 0 Å². The molecule has 0 radical (unpaired) electrons. The lowest BCUT2D eigenvalue weighted by Gasteiger charge is -2.25. The highest BCUT2D eigenvalue weighted by atomic mass is 19.4. The van der Waals surface area contributed by atoms with Gasteiger partial charge in [-0.05, 0) is 89.0 Å². The van der Waals surface area contributed by atoms with E-state index in [1.165, 1.54) is 18.2 Å². The molecule has 13 heteroatoms. The third-order valence-corrected chi connectivity index (χ3v) is 10.2. The summed E-state index contributed by atoms with van der Waals surface area (Å²) in [5.74, 6) is 0. The first kappa shape index (κ1) is 44.6. The number of rotatable bonds is 18. The Morgan fingerprint density at radius 3 is 0.902 bits per heavy atom. The zero-order valence-electron chi connectivity index (χ0n) is 33.1. The molecule has 0 aliphatic rings. The summed E-state index contributed by atoms with van der Waals surface area (Å²) in [6.07, 6.45) is -12.5. The van der Waals surface area contributed by atoms with Crippen LogP contribution < -0.4 is 16.0 Å². The smallest absolute Gasteiger partial charge is 0.384 e. The van der Waals surface area contributed by atoms with Gasteiger partial charge in [0.2, 0.25) is 0 Å². The predicted molar refractivity (Wildman–Crippen MR) is 224 cm³/mol. The third kappa shape index (κ3) is 13.3. The maximum atomic E-state index is 13.4. The number of alkyl halides is 9. The summed E-state index contributed by atoms with van der Waals surface area (Å²) in [6, 6.07) is 38.3. The highest BCUT2D eigenvalue weighted by Crippen LogP contribution is 2.33. The van der Waals surface area contributed by atoms with Crippen molar-refractivity contribution in [2.75, 3.05) is 55.2 Å². The number of hydrogen-bond donors (Lipinski definition) is 3. The van der Waals surface area contributed by atoms with Crippen LogP contribution in [0.25, 0.3) is 0 Å². The van der Waals surface area contributed by atoms with E-state index in [1.807, 2.05) is 72.8 Å². The number of hydrogen-bond acceptors (Lipinski definition) is 4. The molecule has 6 aromatic rings. The van der Waals surface area contributed by atoms with Crippen molar-refractivity contribution in [3.8, 4) is 0 Å². The van der Waals surface area contributed by atoms with Gasteiger partial charge in [-0.1, -0.05) is 109 Å². The summed E-state index contributed by atoms with van der Waals surface area (Å²) in [7, 11) is 0. The average Bonchev–Trinajstić information content (AvgIpc) is 3.22. The van der Waals surface area contributed by atoms with Gasteiger partial charge in [0.05, 0.1) is 16.7 Å². The van der Waals surface area contributed by atoms with Crippen LogP contribution in [0.2, 0.25) is 0 Å². The van der Waals surface area contributed by atoms with Crippen LogP contribution >= 0.6 is 0 Å². The highest BCUT2D eigenvalue weighted by Gasteiger charge is 2.32. The fourth-order valence-electron chi connectivity index (χ4n) is 7.15. The topological polar surface area (TPSA) is 39.3 Å². The molecule has 6 rings (SSSR count). The first-order valence-electron chi connectivity index (χ1n) is 19.8. The molecule has 4 nitrogen and oxygen atoms in total. The first-order chi connectivity index (χ1) is 29.1. The Morgan fingerprint density at radius 1 is 0.344 bits per heavy atom. The standard InChI is InChI=1S/C48H45F9N4/c49-46(50,51)40-16-7-10-34(31-40)28-37-13-1-4-19-43(37)58-22-25-61(26-23-59-44-20-5-2-14-38(44)29-35-11-8-17-41(32-35)47(52,53)54)27-24-60-45-21-6-3-15-39(45)30-36-12-9-18-42(33-36)48(55,56)57/h1-21,31-33,58-60H,22-30H2. The lowest BCUT2D eigenvalue weighted by atomic mass is 10.0. The van der Waals surface area contributed by atoms with Crippen LogP contribution in [0.4, 0.5) is 56.6 Å². The van der Waals surface area contributed by atoms with Gasteiger partial charge in [-0.2, -0.15) is 39.5 Å². The van der Waals surface area contributed by atoms with E-state index < -0.39 is 35.2 Å². The van der Waals surface area contributed by atoms with Crippen LogP contribution in [-0.4, -0.2) is 44.2 Å². The number of nitrogens with one attached hydrogen (secondary N) is 3. The van der Waals surface area contributed by atoms with Crippen molar-refractivity contribution in [1.29, 1.82) is 0 Å². The van der Waals surface area contributed by atoms with Crippen LogP contribution in [0.3, 0.4) is 0 Å². The molecule has 0 amide bonds. The molecule has 0 saturated carbocycles. The second-order valence-corrected chi connectivity index (χ2v) is 14.7. The van der Waals surface area contributed by atoms with E-state index in [2.05, 4.69) is 20.9 Å². The lowest BCUT2D eigenvalue weighted by Crippen LogP contribution is -2.36. The maximum absolute atomic E-state index is 13.4. The highest BCUT2D eigenvalue weighted by molar-refractivity contribution is 5.55. The molecule has 3 N–H and O–H groups in total. The van der Waals surface area contributed by atoms with Gasteiger partial charge in [-0.3, -0.25) is 4.90 Å². The summed E-state index contributed by atoms with van der Waals surface area (Å²) in [4.78, 5) is 2.22. The van der Waals surface area contributed by atoms with Crippen molar-refractivity contribution in [1.82, 2.24) is 4.90 Å². The zero-order valence-corrected chi connectivity index (χ0v) is 33.1. The summed E-state index contributed by atoms with van der Waals surface area (Å²) in [5.41, 5.74) is 4.39. The Balaban J connectivity index is 1.13. The Morgan fingerprint density at radius 2 is 0.623 bits per heavy atom. The molecule has 0 unspecified atom stereocenters. The molecule has 0 atom stereocenters. The maximum Gasteiger partial charge on any atom is 0.416 e. The minimum Gasteiger partial charge on any atom is -0.384 e. The number of benzene rings is 6. The zero-order chi connectivity index (χ0) is 43.5. The Labute approximate surface area is 349 Å². The van der Waals surface area contributed by atoms with E-state index in [0.29, 0.717) is 75.2 Å². The summed E-state index contributed by atoms with van der Waals surface area (Å²) in [5, 5.41) is 10.4. The van der Waals surface area contributed by atoms with E-state index in [1.54, 1.807) is 18.2 Å². The third-order valence-electron chi connectivity index (χ3n) is 10.2.